The standard InChI is InChI=1S/C21H22N4O2S/c1-28(26,27)18-8-5-16(6-9-18)25-21-12-17-7-10-20(19(21)13-23-25)24(17)14-15-4-2-3-11-22-15/h2-6,8-9,11,13,17,20H,7,10,12,14H2,1H3/t17-,20-/m1/s1. The number of nitrogens with zero attached hydrogens (tertiary/aromatic N) is 4. The lowest BCUT2D eigenvalue weighted by atomic mass is 9.99. The van der Waals surface area contributed by atoms with E-state index in [1.807, 2.05) is 41.3 Å². The molecule has 2 aliphatic rings. The lowest BCUT2D eigenvalue weighted by Gasteiger charge is -2.34. The zero-order valence-electron chi connectivity index (χ0n) is 15.7. The minimum atomic E-state index is -3.19. The molecular formula is C21H22N4O2S. The summed E-state index contributed by atoms with van der Waals surface area (Å²) in [6.45, 7) is 0.865. The number of hydrogen-bond donors (Lipinski definition) is 0. The van der Waals surface area contributed by atoms with Gasteiger partial charge in [-0.15, -0.1) is 0 Å². The Bertz CT molecular complexity index is 1110. The molecule has 2 aliphatic heterocycles. The second-order valence-corrected chi connectivity index (χ2v) is 9.68. The van der Waals surface area contributed by atoms with Crippen molar-refractivity contribution >= 4 is 9.84 Å². The largest absolute Gasteiger partial charge is 0.287 e. The molecule has 0 unspecified atom stereocenters. The fourth-order valence-corrected chi connectivity index (χ4v) is 5.19. The summed E-state index contributed by atoms with van der Waals surface area (Å²) < 4.78 is 25.4. The van der Waals surface area contributed by atoms with E-state index in [4.69, 9.17) is 0 Å². The number of fused-ring (bicyclic) bond motifs is 4. The summed E-state index contributed by atoms with van der Waals surface area (Å²) in [5.74, 6) is 0. The predicted octanol–water partition coefficient (Wildman–Crippen LogP) is 2.93. The van der Waals surface area contributed by atoms with Crippen LogP contribution in [0.15, 0.2) is 59.8 Å². The number of sulfone groups is 1. The third-order valence-corrected chi connectivity index (χ3v) is 7.04. The molecule has 1 aromatic carbocycles. The normalized spacial score (nSPS) is 21.6. The smallest absolute Gasteiger partial charge is 0.175 e. The molecule has 7 heteroatoms. The van der Waals surface area contributed by atoms with E-state index in [-0.39, 0.29) is 0 Å². The zero-order valence-corrected chi connectivity index (χ0v) is 16.5. The van der Waals surface area contributed by atoms with E-state index in [0.717, 1.165) is 30.8 Å². The van der Waals surface area contributed by atoms with Gasteiger partial charge in [-0.2, -0.15) is 5.10 Å². The summed E-state index contributed by atoms with van der Waals surface area (Å²) in [6.07, 6.45) is 8.34. The van der Waals surface area contributed by atoms with Crippen molar-refractivity contribution in [1.82, 2.24) is 19.7 Å². The van der Waals surface area contributed by atoms with Crippen molar-refractivity contribution < 1.29 is 8.42 Å². The van der Waals surface area contributed by atoms with E-state index < -0.39 is 9.84 Å². The van der Waals surface area contributed by atoms with Crippen molar-refractivity contribution in [2.24, 2.45) is 0 Å². The summed E-state index contributed by atoms with van der Waals surface area (Å²) in [7, 11) is -3.19. The van der Waals surface area contributed by atoms with E-state index in [1.54, 1.807) is 12.1 Å². The molecule has 1 fully saturated rings. The van der Waals surface area contributed by atoms with Gasteiger partial charge in [0, 0.05) is 43.1 Å². The van der Waals surface area contributed by atoms with Crippen molar-refractivity contribution in [2.75, 3.05) is 6.26 Å². The number of pyridine rings is 1. The monoisotopic (exact) mass is 394 g/mol. The van der Waals surface area contributed by atoms with Crippen molar-refractivity contribution in [3.05, 3.63) is 71.8 Å². The second kappa shape index (κ2) is 6.53. The molecule has 0 amide bonds. The van der Waals surface area contributed by atoms with Crippen LogP contribution in [0.1, 0.15) is 35.8 Å². The lowest BCUT2D eigenvalue weighted by molar-refractivity contribution is 0.165. The van der Waals surface area contributed by atoms with Crippen LogP contribution in [0.3, 0.4) is 0 Å². The van der Waals surface area contributed by atoms with Gasteiger partial charge in [0.25, 0.3) is 0 Å². The van der Waals surface area contributed by atoms with Gasteiger partial charge in [-0.3, -0.25) is 9.88 Å². The van der Waals surface area contributed by atoms with Crippen LogP contribution in [0.25, 0.3) is 5.69 Å². The highest BCUT2D eigenvalue weighted by Gasteiger charge is 2.41. The number of benzene rings is 1. The first-order chi connectivity index (χ1) is 13.5. The number of hydrogen-bond acceptors (Lipinski definition) is 5. The quantitative estimate of drug-likeness (QED) is 0.681. The molecule has 28 heavy (non-hydrogen) atoms. The average molecular weight is 395 g/mol. The van der Waals surface area contributed by atoms with Crippen LogP contribution in [0.2, 0.25) is 0 Å². The van der Waals surface area contributed by atoms with Crippen molar-refractivity contribution in [3.63, 3.8) is 0 Å². The predicted molar refractivity (Wildman–Crippen MR) is 106 cm³/mol. The molecule has 2 aromatic heterocycles. The van der Waals surface area contributed by atoms with Crippen LogP contribution >= 0.6 is 0 Å². The fourth-order valence-electron chi connectivity index (χ4n) is 4.56. The number of aromatic nitrogens is 3. The molecular weight excluding hydrogens is 372 g/mol. The maximum absolute atomic E-state index is 11.7. The topological polar surface area (TPSA) is 68.1 Å². The van der Waals surface area contributed by atoms with Gasteiger partial charge < -0.3 is 0 Å². The molecule has 5 rings (SSSR count). The van der Waals surface area contributed by atoms with E-state index in [2.05, 4.69) is 21.0 Å². The third-order valence-electron chi connectivity index (χ3n) is 5.91. The zero-order chi connectivity index (χ0) is 19.3. The average Bonchev–Trinajstić information content (AvgIpc) is 3.22. The summed E-state index contributed by atoms with van der Waals surface area (Å²) in [5, 5.41) is 4.65. The van der Waals surface area contributed by atoms with Crippen LogP contribution in [-0.4, -0.2) is 40.4 Å². The maximum atomic E-state index is 11.7. The lowest BCUT2D eigenvalue weighted by Crippen LogP contribution is -2.37. The van der Waals surface area contributed by atoms with Crippen LogP contribution in [0.5, 0.6) is 0 Å². The first-order valence-electron chi connectivity index (χ1n) is 9.53. The second-order valence-electron chi connectivity index (χ2n) is 7.67. The van der Waals surface area contributed by atoms with Gasteiger partial charge in [0.15, 0.2) is 9.84 Å². The SMILES string of the molecule is CS(=O)(=O)c1ccc(-n2ncc3c2C[C@H]2CC[C@H]3N2Cc2ccccn2)cc1. The molecule has 0 aliphatic carbocycles. The maximum Gasteiger partial charge on any atom is 0.175 e. The Kier molecular flexibility index (Phi) is 4.10. The Labute approximate surface area is 164 Å². The molecule has 3 aromatic rings. The van der Waals surface area contributed by atoms with Crippen LogP contribution in [-0.2, 0) is 22.8 Å². The highest BCUT2D eigenvalue weighted by molar-refractivity contribution is 7.90. The van der Waals surface area contributed by atoms with Gasteiger partial charge in [-0.05, 0) is 49.2 Å². The van der Waals surface area contributed by atoms with Gasteiger partial charge in [0.1, 0.15) is 0 Å². The summed E-state index contributed by atoms with van der Waals surface area (Å²) in [4.78, 5) is 7.39. The molecule has 6 nitrogen and oxygen atoms in total. The molecule has 4 heterocycles. The third kappa shape index (κ3) is 2.95. The summed E-state index contributed by atoms with van der Waals surface area (Å²) in [6, 6.07) is 13.9. The first kappa shape index (κ1) is 17.6. The Morgan fingerprint density at radius 1 is 1.11 bits per heavy atom. The van der Waals surface area contributed by atoms with Crippen LogP contribution in [0.4, 0.5) is 0 Å². The fraction of sp³-hybridized carbons (Fsp3) is 0.333. The van der Waals surface area contributed by atoms with Gasteiger partial charge >= 0.3 is 0 Å². The molecule has 0 N–H and O–H groups in total. The highest BCUT2D eigenvalue weighted by Crippen LogP contribution is 2.44. The minimum Gasteiger partial charge on any atom is -0.287 e. The van der Waals surface area contributed by atoms with Crippen molar-refractivity contribution in [1.29, 1.82) is 0 Å². The van der Waals surface area contributed by atoms with E-state index in [9.17, 15) is 8.42 Å². The van der Waals surface area contributed by atoms with E-state index in [1.165, 1.54) is 23.9 Å². The summed E-state index contributed by atoms with van der Waals surface area (Å²) >= 11 is 0. The molecule has 2 atom stereocenters. The van der Waals surface area contributed by atoms with Gasteiger partial charge in [-0.25, -0.2) is 13.1 Å². The molecule has 2 bridgehead atoms. The first-order valence-corrected chi connectivity index (χ1v) is 11.4. The molecule has 0 radical (unpaired) electrons. The van der Waals surface area contributed by atoms with Gasteiger partial charge in [0.2, 0.25) is 0 Å². The van der Waals surface area contributed by atoms with Crippen molar-refractivity contribution in [2.45, 2.75) is 42.8 Å². The minimum absolute atomic E-state index is 0.332. The summed E-state index contributed by atoms with van der Waals surface area (Å²) in [5.41, 5.74) is 4.55. The van der Waals surface area contributed by atoms with Crippen molar-refractivity contribution in [3.8, 4) is 5.69 Å². The van der Waals surface area contributed by atoms with Crippen LogP contribution in [0, 0.1) is 0 Å². The molecule has 0 spiro atoms. The van der Waals surface area contributed by atoms with Gasteiger partial charge in [0.05, 0.1) is 28.2 Å². The Balaban J connectivity index is 1.46. The number of rotatable bonds is 4. The molecule has 1 saturated heterocycles. The Morgan fingerprint density at radius 3 is 2.64 bits per heavy atom. The van der Waals surface area contributed by atoms with Crippen LogP contribution < -0.4 is 0 Å². The Morgan fingerprint density at radius 2 is 1.93 bits per heavy atom. The molecule has 144 valence electrons. The Hall–Kier alpha value is -2.51. The highest BCUT2D eigenvalue weighted by atomic mass is 32.2. The molecule has 0 saturated carbocycles. The van der Waals surface area contributed by atoms with E-state index in [0.29, 0.717) is 17.0 Å². The van der Waals surface area contributed by atoms with Gasteiger partial charge in [-0.1, -0.05) is 6.07 Å². The van der Waals surface area contributed by atoms with E-state index >= 15 is 0 Å².